The second-order valence-corrected chi connectivity index (χ2v) is 5.19. The van der Waals surface area contributed by atoms with Crippen LogP contribution in [0.25, 0.3) is 0 Å². The molecule has 0 amide bonds. The second-order valence-electron chi connectivity index (χ2n) is 5.19. The van der Waals surface area contributed by atoms with Crippen molar-refractivity contribution in [3.05, 3.63) is 0 Å². The molecule has 84 valence electrons. The van der Waals surface area contributed by atoms with Crippen LogP contribution in [-0.2, 0) is 4.74 Å². The molecule has 0 bridgehead atoms. The Labute approximate surface area is 84.5 Å². The van der Waals surface area contributed by atoms with Gasteiger partial charge in [0.25, 0.3) is 0 Å². The highest BCUT2D eigenvalue weighted by molar-refractivity contribution is 4.88. The van der Waals surface area contributed by atoms with Crippen LogP contribution in [-0.4, -0.2) is 46.3 Å². The van der Waals surface area contributed by atoms with Crippen LogP contribution in [0.2, 0.25) is 0 Å². The molecular formula is C10H20O4. The summed E-state index contributed by atoms with van der Waals surface area (Å²) in [4.78, 5) is 0. The number of hydrogen-bond acceptors (Lipinski definition) is 4. The summed E-state index contributed by atoms with van der Waals surface area (Å²) in [5, 5.41) is 28.3. The largest absolute Gasteiger partial charge is 0.388 e. The SMILES string of the molecule is CC(C)(C)C[C@@H]1OC[C@@H](O)[C@H](O)[C@@H]1O. The summed E-state index contributed by atoms with van der Waals surface area (Å²) in [5.41, 5.74) is 0.0354. The Morgan fingerprint density at radius 1 is 1.14 bits per heavy atom. The molecule has 0 aromatic rings. The fourth-order valence-electron chi connectivity index (χ4n) is 1.65. The molecule has 0 aromatic heterocycles. The molecule has 0 radical (unpaired) electrons. The summed E-state index contributed by atoms with van der Waals surface area (Å²) >= 11 is 0. The molecule has 0 aliphatic carbocycles. The molecule has 4 atom stereocenters. The quantitative estimate of drug-likeness (QED) is 0.558. The first-order valence-corrected chi connectivity index (χ1v) is 4.97. The summed E-state index contributed by atoms with van der Waals surface area (Å²) in [7, 11) is 0. The maximum Gasteiger partial charge on any atom is 0.111 e. The normalized spacial score (nSPS) is 39.9. The highest BCUT2D eigenvalue weighted by atomic mass is 16.5. The Kier molecular flexibility index (Phi) is 3.53. The zero-order valence-corrected chi connectivity index (χ0v) is 8.97. The molecule has 4 heteroatoms. The molecule has 1 rings (SSSR count). The second kappa shape index (κ2) is 4.14. The molecule has 0 saturated carbocycles. The van der Waals surface area contributed by atoms with Gasteiger partial charge in [-0.05, 0) is 11.8 Å². The third-order valence-electron chi connectivity index (χ3n) is 2.42. The van der Waals surface area contributed by atoms with E-state index >= 15 is 0 Å². The topological polar surface area (TPSA) is 69.9 Å². The van der Waals surface area contributed by atoms with Crippen molar-refractivity contribution in [2.45, 2.75) is 51.6 Å². The van der Waals surface area contributed by atoms with E-state index in [1.807, 2.05) is 20.8 Å². The van der Waals surface area contributed by atoms with Crippen molar-refractivity contribution in [3.63, 3.8) is 0 Å². The molecule has 1 saturated heterocycles. The molecule has 1 aliphatic rings. The third-order valence-corrected chi connectivity index (χ3v) is 2.42. The lowest BCUT2D eigenvalue weighted by Crippen LogP contribution is -2.53. The van der Waals surface area contributed by atoms with Crippen LogP contribution < -0.4 is 0 Å². The number of rotatable bonds is 1. The summed E-state index contributed by atoms with van der Waals surface area (Å²) in [5.74, 6) is 0. The minimum Gasteiger partial charge on any atom is -0.388 e. The minimum atomic E-state index is -1.09. The Bertz CT molecular complexity index is 187. The van der Waals surface area contributed by atoms with Crippen molar-refractivity contribution in [1.82, 2.24) is 0 Å². The molecule has 0 aromatic carbocycles. The first-order chi connectivity index (χ1) is 6.31. The number of hydrogen-bond donors (Lipinski definition) is 3. The van der Waals surface area contributed by atoms with Gasteiger partial charge in [-0.15, -0.1) is 0 Å². The van der Waals surface area contributed by atoms with E-state index in [0.717, 1.165) is 0 Å². The first kappa shape index (κ1) is 11.9. The van der Waals surface area contributed by atoms with Crippen molar-refractivity contribution < 1.29 is 20.1 Å². The van der Waals surface area contributed by atoms with Crippen LogP contribution in [0.4, 0.5) is 0 Å². The predicted molar refractivity (Wildman–Crippen MR) is 51.8 cm³/mol. The van der Waals surface area contributed by atoms with Crippen LogP contribution in [0, 0.1) is 5.41 Å². The van der Waals surface area contributed by atoms with Crippen molar-refractivity contribution in [3.8, 4) is 0 Å². The summed E-state index contributed by atoms with van der Waals surface area (Å²) in [6.07, 6.45) is -2.76. The van der Waals surface area contributed by atoms with Crippen LogP contribution in [0.3, 0.4) is 0 Å². The van der Waals surface area contributed by atoms with Gasteiger partial charge in [0.1, 0.15) is 18.3 Å². The van der Waals surface area contributed by atoms with Gasteiger partial charge in [0.05, 0.1) is 12.7 Å². The van der Waals surface area contributed by atoms with E-state index in [1.165, 1.54) is 0 Å². The molecule has 1 aliphatic heterocycles. The maximum absolute atomic E-state index is 9.64. The van der Waals surface area contributed by atoms with Gasteiger partial charge in [0, 0.05) is 0 Å². The van der Waals surface area contributed by atoms with E-state index < -0.39 is 18.3 Å². The van der Waals surface area contributed by atoms with E-state index in [1.54, 1.807) is 0 Å². The van der Waals surface area contributed by atoms with Gasteiger partial charge in [0.2, 0.25) is 0 Å². The Morgan fingerprint density at radius 3 is 2.21 bits per heavy atom. The molecule has 14 heavy (non-hydrogen) atoms. The highest BCUT2D eigenvalue weighted by Gasteiger charge is 2.38. The predicted octanol–water partition coefficient (Wildman–Crippen LogP) is -0.0959. The fourth-order valence-corrected chi connectivity index (χ4v) is 1.65. The number of aliphatic hydroxyl groups excluding tert-OH is 3. The van der Waals surface area contributed by atoms with Gasteiger partial charge in [-0.2, -0.15) is 0 Å². The van der Waals surface area contributed by atoms with Gasteiger partial charge >= 0.3 is 0 Å². The van der Waals surface area contributed by atoms with Crippen LogP contribution in [0.5, 0.6) is 0 Å². The van der Waals surface area contributed by atoms with Crippen molar-refractivity contribution >= 4 is 0 Å². The van der Waals surface area contributed by atoms with Gasteiger partial charge in [-0.3, -0.25) is 0 Å². The molecule has 0 unspecified atom stereocenters. The molecule has 1 fully saturated rings. The van der Waals surface area contributed by atoms with Gasteiger partial charge in [-0.1, -0.05) is 20.8 Å². The summed E-state index contributed by atoms with van der Waals surface area (Å²) in [6, 6.07) is 0. The standard InChI is InChI=1S/C10H20O4/c1-10(2,3)4-7-9(13)8(12)6(11)5-14-7/h6-9,11-13H,4-5H2,1-3H3/t6-,7+,8+,9-/m1/s1. The molecule has 1 heterocycles. The third kappa shape index (κ3) is 2.92. The molecular weight excluding hydrogens is 184 g/mol. The summed E-state index contributed by atoms with van der Waals surface area (Å²) < 4.78 is 5.29. The van der Waals surface area contributed by atoms with Gasteiger partial charge in [-0.25, -0.2) is 0 Å². The smallest absolute Gasteiger partial charge is 0.111 e. The van der Waals surface area contributed by atoms with Crippen LogP contribution in [0.1, 0.15) is 27.2 Å². The van der Waals surface area contributed by atoms with Crippen LogP contribution >= 0.6 is 0 Å². The van der Waals surface area contributed by atoms with Gasteiger partial charge < -0.3 is 20.1 Å². The van der Waals surface area contributed by atoms with Crippen molar-refractivity contribution in [1.29, 1.82) is 0 Å². The van der Waals surface area contributed by atoms with E-state index in [2.05, 4.69) is 0 Å². The Hall–Kier alpha value is -0.160. The van der Waals surface area contributed by atoms with E-state index in [-0.39, 0.29) is 18.1 Å². The fraction of sp³-hybridized carbons (Fsp3) is 1.00. The average Bonchev–Trinajstić information content (AvgIpc) is 2.04. The maximum atomic E-state index is 9.64. The highest BCUT2D eigenvalue weighted by Crippen LogP contribution is 2.27. The molecule has 4 nitrogen and oxygen atoms in total. The van der Waals surface area contributed by atoms with Crippen molar-refractivity contribution in [2.24, 2.45) is 5.41 Å². The lowest BCUT2D eigenvalue weighted by molar-refractivity contribution is -0.193. The zero-order valence-electron chi connectivity index (χ0n) is 8.97. The Balaban J connectivity index is 2.55. The lowest BCUT2D eigenvalue weighted by Gasteiger charge is -2.38. The lowest BCUT2D eigenvalue weighted by atomic mass is 9.85. The average molecular weight is 204 g/mol. The monoisotopic (exact) mass is 204 g/mol. The number of aliphatic hydroxyl groups is 3. The van der Waals surface area contributed by atoms with E-state index in [4.69, 9.17) is 4.74 Å². The Morgan fingerprint density at radius 2 is 1.71 bits per heavy atom. The molecule has 0 spiro atoms. The van der Waals surface area contributed by atoms with Gasteiger partial charge in [0.15, 0.2) is 0 Å². The zero-order chi connectivity index (χ0) is 10.9. The number of ether oxygens (including phenoxy) is 1. The van der Waals surface area contributed by atoms with Crippen molar-refractivity contribution in [2.75, 3.05) is 6.61 Å². The molecule has 3 N–H and O–H groups in total. The first-order valence-electron chi connectivity index (χ1n) is 4.97. The minimum absolute atomic E-state index is 0.0354. The summed E-state index contributed by atoms with van der Waals surface area (Å²) in [6.45, 7) is 6.22. The van der Waals surface area contributed by atoms with E-state index in [0.29, 0.717) is 6.42 Å². The van der Waals surface area contributed by atoms with E-state index in [9.17, 15) is 15.3 Å². The van der Waals surface area contributed by atoms with Crippen LogP contribution in [0.15, 0.2) is 0 Å².